The van der Waals surface area contributed by atoms with Crippen LogP contribution in [0.4, 0.5) is 4.79 Å². The van der Waals surface area contributed by atoms with Crippen LogP contribution in [0.1, 0.15) is 39.3 Å². The third-order valence-corrected chi connectivity index (χ3v) is 3.61. The van der Waals surface area contributed by atoms with Crippen molar-refractivity contribution in [1.82, 2.24) is 14.9 Å². The fourth-order valence-electron chi connectivity index (χ4n) is 2.45. The Kier molecular flexibility index (Phi) is 5.68. The molecule has 128 valence electrons. The molecule has 1 aromatic rings. The Labute approximate surface area is 142 Å². The van der Waals surface area contributed by atoms with Gasteiger partial charge in [0, 0.05) is 24.7 Å². The first-order valence-electron chi connectivity index (χ1n) is 7.85. The van der Waals surface area contributed by atoms with E-state index in [0.717, 1.165) is 25.1 Å². The summed E-state index contributed by atoms with van der Waals surface area (Å²) in [6.45, 7) is 9.24. The number of likely N-dealkylation sites (tertiary alicyclic amines) is 1. The summed E-state index contributed by atoms with van der Waals surface area (Å²) in [6, 6.07) is 1.96. The molecule has 0 aliphatic carbocycles. The normalized spacial score (nSPS) is 18.7. The molecule has 6 nitrogen and oxygen atoms in total. The first kappa shape index (κ1) is 17.8. The average molecular weight is 342 g/mol. The van der Waals surface area contributed by atoms with Gasteiger partial charge in [-0.15, -0.1) is 0 Å². The molecule has 0 unspecified atom stereocenters. The van der Waals surface area contributed by atoms with Crippen LogP contribution in [-0.2, 0) is 4.74 Å². The van der Waals surface area contributed by atoms with Crippen molar-refractivity contribution in [3.8, 4) is 6.01 Å². The highest BCUT2D eigenvalue weighted by molar-refractivity contribution is 6.29. The Hall–Kier alpha value is -1.56. The lowest BCUT2D eigenvalue weighted by molar-refractivity contribution is 0.0137. The molecule has 1 atom stereocenters. The molecule has 7 heteroatoms. The smallest absolute Gasteiger partial charge is 0.410 e. The zero-order chi connectivity index (χ0) is 17.0. The summed E-state index contributed by atoms with van der Waals surface area (Å²) in [7, 11) is 0. The number of halogens is 1. The molecular weight excluding hydrogens is 318 g/mol. The predicted octanol–water partition coefficient (Wildman–Crippen LogP) is 3.46. The summed E-state index contributed by atoms with van der Waals surface area (Å²) in [6.07, 6.45) is 1.67. The van der Waals surface area contributed by atoms with Gasteiger partial charge in [0.1, 0.15) is 10.8 Å². The van der Waals surface area contributed by atoms with E-state index in [1.807, 2.05) is 27.7 Å². The van der Waals surface area contributed by atoms with Crippen molar-refractivity contribution in [3.63, 3.8) is 0 Å². The summed E-state index contributed by atoms with van der Waals surface area (Å²) >= 11 is 5.90. The minimum Gasteiger partial charge on any atom is -0.463 e. The van der Waals surface area contributed by atoms with E-state index in [0.29, 0.717) is 18.3 Å². The molecule has 0 N–H and O–H groups in total. The van der Waals surface area contributed by atoms with Crippen LogP contribution in [0.25, 0.3) is 0 Å². The van der Waals surface area contributed by atoms with Gasteiger partial charge in [-0.2, -0.15) is 4.98 Å². The standard InChI is InChI=1S/C16H24ClN3O3/c1-11-8-13(17)19-14(18-11)22-10-12-6-5-7-20(9-12)15(21)23-16(2,3)4/h8,12H,5-7,9-10H2,1-4H3/t12-/m0/s1. The molecule has 1 fully saturated rings. The molecule has 0 radical (unpaired) electrons. The second-order valence-corrected chi connectivity index (χ2v) is 7.25. The lowest BCUT2D eigenvalue weighted by atomic mass is 9.99. The number of nitrogens with zero attached hydrogens (tertiary/aromatic N) is 3. The Balaban J connectivity index is 1.87. The van der Waals surface area contributed by atoms with E-state index in [-0.39, 0.29) is 18.0 Å². The van der Waals surface area contributed by atoms with Crippen LogP contribution in [0.15, 0.2) is 6.07 Å². The number of hydrogen-bond donors (Lipinski definition) is 0. The number of aromatic nitrogens is 2. The summed E-state index contributed by atoms with van der Waals surface area (Å²) in [5.41, 5.74) is 0.284. The van der Waals surface area contributed by atoms with Gasteiger partial charge in [0.2, 0.25) is 0 Å². The molecule has 1 aliphatic rings. The zero-order valence-electron chi connectivity index (χ0n) is 14.1. The van der Waals surface area contributed by atoms with Crippen LogP contribution in [0, 0.1) is 12.8 Å². The van der Waals surface area contributed by atoms with E-state index in [4.69, 9.17) is 21.1 Å². The van der Waals surface area contributed by atoms with Gasteiger partial charge in [-0.3, -0.25) is 0 Å². The van der Waals surface area contributed by atoms with Crippen LogP contribution < -0.4 is 4.74 Å². The highest BCUT2D eigenvalue weighted by Gasteiger charge is 2.28. The maximum Gasteiger partial charge on any atom is 0.410 e. The maximum atomic E-state index is 12.1. The van der Waals surface area contributed by atoms with Crippen LogP contribution >= 0.6 is 11.6 Å². The first-order chi connectivity index (χ1) is 10.7. The van der Waals surface area contributed by atoms with Gasteiger partial charge >= 0.3 is 12.1 Å². The Morgan fingerprint density at radius 2 is 2.17 bits per heavy atom. The Morgan fingerprint density at radius 3 is 2.83 bits per heavy atom. The molecule has 0 spiro atoms. The Morgan fingerprint density at radius 1 is 1.43 bits per heavy atom. The SMILES string of the molecule is Cc1cc(Cl)nc(OC[C@H]2CCCN(C(=O)OC(C)(C)C)C2)n1. The van der Waals surface area contributed by atoms with Gasteiger partial charge in [-0.25, -0.2) is 9.78 Å². The maximum absolute atomic E-state index is 12.1. The van der Waals surface area contributed by atoms with Gasteiger partial charge in [-0.05, 0) is 46.6 Å². The summed E-state index contributed by atoms with van der Waals surface area (Å²) in [4.78, 5) is 22.1. The highest BCUT2D eigenvalue weighted by atomic mass is 35.5. The molecule has 0 aromatic carbocycles. The molecule has 1 aliphatic heterocycles. The van der Waals surface area contributed by atoms with Crippen molar-refractivity contribution >= 4 is 17.7 Å². The quantitative estimate of drug-likeness (QED) is 0.788. The lowest BCUT2D eigenvalue weighted by Gasteiger charge is -2.33. The largest absolute Gasteiger partial charge is 0.463 e. The summed E-state index contributed by atoms with van der Waals surface area (Å²) < 4.78 is 11.1. The van der Waals surface area contributed by atoms with Crippen LogP contribution in [-0.4, -0.2) is 46.3 Å². The predicted molar refractivity (Wildman–Crippen MR) is 87.8 cm³/mol. The van der Waals surface area contributed by atoms with Crippen molar-refractivity contribution in [2.75, 3.05) is 19.7 Å². The van der Waals surface area contributed by atoms with Crippen molar-refractivity contribution < 1.29 is 14.3 Å². The number of amides is 1. The number of ether oxygens (including phenoxy) is 2. The third-order valence-electron chi connectivity index (χ3n) is 3.42. The number of piperidine rings is 1. The van der Waals surface area contributed by atoms with E-state index in [1.165, 1.54) is 0 Å². The lowest BCUT2D eigenvalue weighted by Crippen LogP contribution is -2.44. The topological polar surface area (TPSA) is 64.5 Å². The van der Waals surface area contributed by atoms with Crippen molar-refractivity contribution in [1.29, 1.82) is 0 Å². The Bertz CT molecular complexity index is 540. The third kappa shape index (κ3) is 5.86. The number of rotatable bonds is 3. The molecular formula is C16H24ClN3O3. The number of aryl methyl sites for hydroxylation is 1. The van der Waals surface area contributed by atoms with Crippen LogP contribution in [0.3, 0.4) is 0 Å². The minimum atomic E-state index is -0.479. The first-order valence-corrected chi connectivity index (χ1v) is 8.22. The molecule has 1 amide bonds. The van der Waals surface area contributed by atoms with E-state index in [9.17, 15) is 4.79 Å². The summed E-state index contributed by atoms with van der Waals surface area (Å²) in [5, 5.41) is 0.367. The van der Waals surface area contributed by atoms with Crippen molar-refractivity contribution in [2.24, 2.45) is 5.92 Å². The van der Waals surface area contributed by atoms with Crippen LogP contribution in [0.5, 0.6) is 6.01 Å². The second-order valence-electron chi connectivity index (χ2n) is 6.86. The van der Waals surface area contributed by atoms with Gasteiger partial charge in [0.05, 0.1) is 6.61 Å². The molecule has 0 bridgehead atoms. The molecule has 23 heavy (non-hydrogen) atoms. The van der Waals surface area contributed by atoms with E-state index in [1.54, 1.807) is 11.0 Å². The second kappa shape index (κ2) is 7.34. The van der Waals surface area contributed by atoms with Gasteiger partial charge in [0.15, 0.2) is 0 Å². The number of hydrogen-bond acceptors (Lipinski definition) is 5. The number of carbonyl (C=O) groups excluding carboxylic acids is 1. The monoisotopic (exact) mass is 341 g/mol. The summed E-state index contributed by atoms with van der Waals surface area (Å²) in [5.74, 6) is 0.235. The van der Waals surface area contributed by atoms with Crippen molar-refractivity contribution in [3.05, 3.63) is 16.9 Å². The molecule has 2 heterocycles. The molecule has 1 saturated heterocycles. The van der Waals surface area contributed by atoms with Gasteiger partial charge in [-0.1, -0.05) is 11.6 Å². The van der Waals surface area contributed by atoms with Crippen LogP contribution in [0.2, 0.25) is 5.15 Å². The zero-order valence-corrected chi connectivity index (χ0v) is 14.9. The molecule has 1 aromatic heterocycles. The number of carbonyl (C=O) groups is 1. The fourth-order valence-corrected chi connectivity index (χ4v) is 2.68. The fraction of sp³-hybridized carbons (Fsp3) is 0.688. The van der Waals surface area contributed by atoms with Crippen molar-refractivity contribution in [2.45, 2.75) is 46.1 Å². The average Bonchev–Trinajstić information content (AvgIpc) is 2.43. The minimum absolute atomic E-state index is 0.235. The van der Waals surface area contributed by atoms with E-state index >= 15 is 0 Å². The van der Waals surface area contributed by atoms with Gasteiger partial charge < -0.3 is 14.4 Å². The highest BCUT2D eigenvalue weighted by Crippen LogP contribution is 2.20. The van der Waals surface area contributed by atoms with E-state index < -0.39 is 5.60 Å². The molecule has 0 saturated carbocycles. The molecule has 2 rings (SSSR count). The van der Waals surface area contributed by atoms with E-state index in [2.05, 4.69) is 9.97 Å². The van der Waals surface area contributed by atoms with Gasteiger partial charge in [0.25, 0.3) is 0 Å².